The molecule has 9 nitrogen and oxygen atoms in total. The summed E-state index contributed by atoms with van der Waals surface area (Å²) in [6.07, 6.45) is 1.89. The first kappa shape index (κ1) is 15.5. The van der Waals surface area contributed by atoms with Gasteiger partial charge in [0, 0.05) is 20.1 Å². The van der Waals surface area contributed by atoms with Crippen LogP contribution >= 0.6 is 0 Å². The smallest absolute Gasteiger partial charge is 0.333 e. The SMILES string of the molecule is CCc1nn(C)c(NCCNC(=O)c2ccco2)c1[N+](=O)[O-]. The molecule has 0 atom stereocenters. The van der Waals surface area contributed by atoms with Crippen LogP contribution in [0, 0.1) is 10.1 Å². The van der Waals surface area contributed by atoms with E-state index in [2.05, 4.69) is 15.7 Å². The Morgan fingerprint density at radius 1 is 1.50 bits per heavy atom. The van der Waals surface area contributed by atoms with E-state index in [0.29, 0.717) is 31.0 Å². The standard InChI is InChI=1S/C13H17N5O4/c1-3-9-11(18(20)21)12(17(2)16-9)14-6-7-15-13(19)10-5-4-8-22-10/h4-5,8,14H,3,6-7H2,1-2H3,(H,15,19). The second kappa shape index (κ2) is 6.74. The third kappa shape index (κ3) is 3.25. The Kier molecular flexibility index (Phi) is 4.77. The van der Waals surface area contributed by atoms with Crippen LogP contribution in [0.1, 0.15) is 23.2 Å². The Labute approximate surface area is 126 Å². The predicted octanol–water partition coefficient (Wildman–Crippen LogP) is 1.33. The van der Waals surface area contributed by atoms with Gasteiger partial charge in [0.05, 0.1) is 11.2 Å². The number of hydrogen-bond donors (Lipinski definition) is 2. The van der Waals surface area contributed by atoms with Gasteiger partial charge in [-0.2, -0.15) is 5.10 Å². The molecular formula is C13H17N5O4. The van der Waals surface area contributed by atoms with Gasteiger partial charge in [-0.25, -0.2) is 4.68 Å². The molecule has 0 saturated carbocycles. The molecule has 0 saturated heterocycles. The lowest BCUT2D eigenvalue weighted by Gasteiger charge is -2.07. The summed E-state index contributed by atoms with van der Waals surface area (Å²) in [5.41, 5.74) is 0.400. The molecule has 2 N–H and O–H groups in total. The van der Waals surface area contributed by atoms with Crippen LogP contribution in [-0.4, -0.2) is 33.7 Å². The molecule has 0 aliphatic heterocycles. The summed E-state index contributed by atoms with van der Waals surface area (Å²) in [7, 11) is 1.63. The number of aryl methyl sites for hydroxylation is 2. The summed E-state index contributed by atoms with van der Waals surface area (Å²) >= 11 is 0. The van der Waals surface area contributed by atoms with E-state index in [-0.39, 0.29) is 17.4 Å². The van der Waals surface area contributed by atoms with Crippen LogP contribution in [-0.2, 0) is 13.5 Å². The molecular weight excluding hydrogens is 290 g/mol. The highest BCUT2D eigenvalue weighted by Gasteiger charge is 2.25. The quantitative estimate of drug-likeness (QED) is 0.453. The number of carbonyl (C=O) groups is 1. The fraction of sp³-hybridized carbons (Fsp3) is 0.385. The molecule has 0 aliphatic carbocycles. The van der Waals surface area contributed by atoms with Crippen molar-refractivity contribution in [2.75, 3.05) is 18.4 Å². The molecule has 9 heteroatoms. The Hall–Kier alpha value is -2.84. The topological polar surface area (TPSA) is 115 Å². The van der Waals surface area contributed by atoms with Crippen LogP contribution in [0.2, 0.25) is 0 Å². The summed E-state index contributed by atoms with van der Waals surface area (Å²) in [5, 5.41) is 20.8. The fourth-order valence-electron chi connectivity index (χ4n) is 2.05. The minimum Gasteiger partial charge on any atom is -0.459 e. The van der Waals surface area contributed by atoms with Gasteiger partial charge >= 0.3 is 5.69 Å². The third-order valence-electron chi connectivity index (χ3n) is 3.06. The molecule has 2 aromatic heterocycles. The van der Waals surface area contributed by atoms with E-state index in [0.717, 1.165) is 0 Å². The molecule has 22 heavy (non-hydrogen) atoms. The number of nitro groups is 1. The van der Waals surface area contributed by atoms with Crippen molar-refractivity contribution in [2.45, 2.75) is 13.3 Å². The van der Waals surface area contributed by atoms with Crippen LogP contribution in [0.5, 0.6) is 0 Å². The normalized spacial score (nSPS) is 10.5. The maximum atomic E-state index is 11.7. The number of amides is 1. The van der Waals surface area contributed by atoms with Crippen LogP contribution in [0.25, 0.3) is 0 Å². The highest BCUT2D eigenvalue weighted by atomic mass is 16.6. The first-order valence-corrected chi connectivity index (χ1v) is 6.80. The summed E-state index contributed by atoms with van der Waals surface area (Å²) < 4.78 is 6.40. The van der Waals surface area contributed by atoms with Crippen LogP contribution in [0.4, 0.5) is 11.5 Å². The second-order valence-electron chi connectivity index (χ2n) is 4.54. The van der Waals surface area contributed by atoms with Gasteiger partial charge in [0.1, 0.15) is 5.69 Å². The molecule has 0 radical (unpaired) electrons. The molecule has 2 heterocycles. The lowest BCUT2D eigenvalue weighted by atomic mass is 10.3. The number of aromatic nitrogens is 2. The number of hydrogen-bond acceptors (Lipinski definition) is 6. The zero-order valence-electron chi connectivity index (χ0n) is 12.3. The van der Waals surface area contributed by atoms with Gasteiger partial charge in [0.2, 0.25) is 5.82 Å². The highest BCUT2D eigenvalue weighted by Crippen LogP contribution is 2.27. The summed E-state index contributed by atoms with van der Waals surface area (Å²) in [4.78, 5) is 22.3. The molecule has 2 rings (SSSR count). The molecule has 0 unspecified atom stereocenters. The van der Waals surface area contributed by atoms with Gasteiger partial charge in [0.25, 0.3) is 5.91 Å². The number of anilines is 1. The first-order chi connectivity index (χ1) is 10.5. The van der Waals surface area contributed by atoms with E-state index < -0.39 is 4.92 Å². The number of furan rings is 1. The van der Waals surface area contributed by atoms with Gasteiger partial charge < -0.3 is 15.1 Å². The summed E-state index contributed by atoms with van der Waals surface area (Å²) in [5.74, 6) is 0.217. The molecule has 1 amide bonds. The molecule has 0 aromatic carbocycles. The van der Waals surface area contributed by atoms with Crippen LogP contribution in [0.15, 0.2) is 22.8 Å². The Bertz CT molecular complexity index is 662. The monoisotopic (exact) mass is 307 g/mol. The van der Waals surface area contributed by atoms with Crippen molar-refractivity contribution in [2.24, 2.45) is 7.05 Å². The zero-order chi connectivity index (χ0) is 16.1. The molecule has 0 spiro atoms. The van der Waals surface area contributed by atoms with E-state index in [1.165, 1.54) is 10.9 Å². The Morgan fingerprint density at radius 2 is 2.27 bits per heavy atom. The number of carbonyl (C=O) groups excluding carboxylic acids is 1. The van der Waals surface area contributed by atoms with Gasteiger partial charge in [-0.15, -0.1) is 0 Å². The van der Waals surface area contributed by atoms with Gasteiger partial charge in [-0.1, -0.05) is 6.92 Å². The van der Waals surface area contributed by atoms with Crippen molar-refractivity contribution in [3.05, 3.63) is 40.0 Å². The summed E-state index contributed by atoms with van der Waals surface area (Å²) in [6, 6.07) is 3.18. The fourth-order valence-corrected chi connectivity index (χ4v) is 2.05. The third-order valence-corrected chi connectivity index (χ3v) is 3.06. The molecule has 0 aliphatic rings. The van der Waals surface area contributed by atoms with E-state index in [4.69, 9.17) is 4.42 Å². The maximum absolute atomic E-state index is 11.7. The molecule has 2 aromatic rings. The lowest BCUT2D eigenvalue weighted by Crippen LogP contribution is -2.28. The second-order valence-corrected chi connectivity index (χ2v) is 4.54. The number of rotatable bonds is 7. The van der Waals surface area contributed by atoms with Crippen molar-refractivity contribution >= 4 is 17.4 Å². The van der Waals surface area contributed by atoms with E-state index >= 15 is 0 Å². The van der Waals surface area contributed by atoms with E-state index in [1.54, 1.807) is 19.2 Å². The summed E-state index contributed by atoms with van der Waals surface area (Å²) in [6.45, 7) is 2.43. The zero-order valence-corrected chi connectivity index (χ0v) is 12.3. The Morgan fingerprint density at radius 3 is 2.86 bits per heavy atom. The first-order valence-electron chi connectivity index (χ1n) is 6.80. The van der Waals surface area contributed by atoms with Crippen molar-refractivity contribution in [3.8, 4) is 0 Å². The van der Waals surface area contributed by atoms with Crippen molar-refractivity contribution in [1.29, 1.82) is 0 Å². The predicted molar refractivity (Wildman–Crippen MR) is 78.8 cm³/mol. The van der Waals surface area contributed by atoms with Crippen molar-refractivity contribution < 1.29 is 14.1 Å². The molecule has 0 fully saturated rings. The van der Waals surface area contributed by atoms with Crippen LogP contribution in [0.3, 0.4) is 0 Å². The largest absolute Gasteiger partial charge is 0.459 e. The average molecular weight is 307 g/mol. The van der Waals surface area contributed by atoms with E-state index in [1.807, 2.05) is 6.92 Å². The van der Waals surface area contributed by atoms with Crippen molar-refractivity contribution in [1.82, 2.24) is 15.1 Å². The number of nitrogens with one attached hydrogen (secondary N) is 2. The average Bonchev–Trinajstić information content (AvgIpc) is 3.11. The maximum Gasteiger partial charge on any atom is 0.333 e. The number of nitrogens with zero attached hydrogens (tertiary/aromatic N) is 3. The lowest BCUT2D eigenvalue weighted by molar-refractivity contribution is -0.384. The van der Waals surface area contributed by atoms with Gasteiger partial charge in [-0.05, 0) is 18.6 Å². The minimum absolute atomic E-state index is 0.0256. The van der Waals surface area contributed by atoms with Crippen LogP contribution < -0.4 is 10.6 Å². The minimum atomic E-state index is -0.449. The van der Waals surface area contributed by atoms with Gasteiger partial charge in [-0.3, -0.25) is 14.9 Å². The van der Waals surface area contributed by atoms with Gasteiger partial charge in [0.15, 0.2) is 5.76 Å². The van der Waals surface area contributed by atoms with E-state index in [9.17, 15) is 14.9 Å². The molecule has 118 valence electrons. The molecule has 0 bridgehead atoms. The van der Waals surface area contributed by atoms with Crippen molar-refractivity contribution in [3.63, 3.8) is 0 Å². The Balaban J connectivity index is 1.93. The highest BCUT2D eigenvalue weighted by molar-refractivity contribution is 5.91.